The highest BCUT2D eigenvalue weighted by Gasteiger charge is 2.11. The molecule has 23 heavy (non-hydrogen) atoms. The zero-order valence-corrected chi connectivity index (χ0v) is 12.9. The van der Waals surface area contributed by atoms with Gasteiger partial charge in [-0.05, 0) is 35.9 Å². The predicted octanol–water partition coefficient (Wildman–Crippen LogP) is 3.50. The van der Waals surface area contributed by atoms with Crippen molar-refractivity contribution in [3.8, 4) is 0 Å². The van der Waals surface area contributed by atoms with E-state index in [-0.39, 0.29) is 5.56 Å². The van der Waals surface area contributed by atoms with E-state index in [9.17, 15) is 9.90 Å². The standard InChI is InChI=1S/C18H17N3O2/c1-21(2)13-9-6-12(7-10-13)8-11-16-19-15-5-3-4-14(18(22)23)17(15)20-16/h3-11H,1-2H3,(H,19,20)(H,22,23). The molecule has 0 bridgehead atoms. The second-order valence-corrected chi connectivity index (χ2v) is 5.45. The number of aromatic carboxylic acids is 1. The number of hydrogen-bond donors (Lipinski definition) is 2. The van der Waals surface area contributed by atoms with Crippen molar-refractivity contribution in [1.29, 1.82) is 0 Å². The minimum atomic E-state index is -0.975. The molecule has 2 N–H and O–H groups in total. The molecule has 0 amide bonds. The Morgan fingerprint density at radius 3 is 2.52 bits per heavy atom. The number of carboxylic acid groups (broad SMARTS) is 1. The van der Waals surface area contributed by atoms with Crippen LogP contribution in [0, 0.1) is 0 Å². The molecule has 116 valence electrons. The number of aromatic amines is 1. The van der Waals surface area contributed by atoms with Crippen molar-refractivity contribution in [2.24, 2.45) is 0 Å². The zero-order chi connectivity index (χ0) is 16.4. The maximum Gasteiger partial charge on any atom is 0.337 e. The molecule has 0 saturated carbocycles. The van der Waals surface area contributed by atoms with Crippen molar-refractivity contribution in [2.45, 2.75) is 0 Å². The number of nitrogens with zero attached hydrogens (tertiary/aromatic N) is 2. The molecule has 3 rings (SSSR count). The van der Waals surface area contributed by atoms with Crippen LogP contribution in [0.1, 0.15) is 21.7 Å². The summed E-state index contributed by atoms with van der Waals surface area (Å²) in [5.74, 6) is -0.345. The molecule has 0 saturated heterocycles. The Balaban J connectivity index is 1.89. The molecule has 3 aromatic rings. The fourth-order valence-electron chi connectivity index (χ4n) is 2.36. The fourth-order valence-corrected chi connectivity index (χ4v) is 2.36. The van der Waals surface area contributed by atoms with E-state index in [1.54, 1.807) is 12.1 Å². The Morgan fingerprint density at radius 1 is 1.13 bits per heavy atom. The second-order valence-electron chi connectivity index (χ2n) is 5.45. The largest absolute Gasteiger partial charge is 0.478 e. The van der Waals surface area contributed by atoms with Crippen LogP contribution < -0.4 is 4.90 Å². The van der Waals surface area contributed by atoms with Crippen LogP contribution in [0.3, 0.4) is 0 Å². The number of H-pyrrole nitrogens is 1. The molecule has 0 aliphatic rings. The molecule has 0 spiro atoms. The monoisotopic (exact) mass is 307 g/mol. The molecule has 0 fully saturated rings. The number of para-hydroxylation sites is 1. The highest BCUT2D eigenvalue weighted by Crippen LogP contribution is 2.18. The molecule has 0 aliphatic carbocycles. The van der Waals surface area contributed by atoms with Crippen molar-refractivity contribution in [2.75, 3.05) is 19.0 Å². The molecule has 0 aliphatic heterocycles. The summed E-state index contributed by atoms with van der Waals surface area (Å²) < 4.78 is 0. The summed E-state index contributed by atoms with van der Waals surface area (Å²) in [6.45, 7) is 0. The van der Waals surface area contributed by atoms with Gasteiger partial charge in [-0.1, -0.05) is 24.3 Å². The lowest BCUT2D eigenvalue weighted by atomic mass is 10.2. The van der Waals surface area contributed by atoms with Crippen molar-refractivity contribution in [3.05, 3.63) is 59.4 Å². The number of benzene rings is 2. The van der Waals surface area contributed by atoms with Crippen LogP contribution in [0.2, 0.25) is 0 Å². The van der Waals surface area contributed by atoms with Crippen molar-refractivity contribution in [1.82, 2.24) is 9.97 Å². The Labute approximate surface area is 133 Å². The van der Waals surface area contributed by atoms with Gasteiger partial charge in [0.1, 0.15) is 11.3 Å². The SMILES string of the molecule is CN(C)c1ccc(C=Cc2nc3c(C(=O)O)cccc3[nH]2)cc1. The first-order valence-electron chi connectivity index (χ1n) is 7.22. The first-order chi connectivity index (χ1) is 11.0. The van der Waals surface area contributed by atoms with E-state index in [4.69, 9.17) is 0 Å². The van der Waals surface area contributed by atoms with Gasteiger partial charge in [0, 0.05) is 19.8 Å². The number of rotatable bonds is 4. The number of anilines is 1. The molecular weight excluding hydrogens is 290 g/mol. The number of carboxylic acids is 1. The molecular formula is C18H17N3O2. The van der Waals surface area contributed by atoms with Gasteiger partial charge in [-0.15, -0.1) is 0 Å². The molecule has 0 unspecified atom stereocenters. The highest BCUT2D eigenvalue weighted by molar-refractivity contribution is 6.01. The molecule has 5 heteroatoms. The van der Waals surface area contributed by atoms with Crippen LogP contribution in [0.4, 0.5) is 5.69 Å². The van der Waals surface area contributed by atoms with Gasteiger partial charge in [0.2, 0.25) is 0 Å². The van der Waals surface area contributed by atoms with E-state index in [0.717, 1.165) is 11.3 Å². The minimum Gasteiger partial charge on any atom is -0.478 e. The van der Waals surface area contributed by atoms with E-state index in [0.29, 0.717) is 16.9 Å². The second kappa shape index (κ2) is 5.96. The van der Waals surface area contributed by atoms with Crippen molar-refractivity contribution >= 4 is 34.8 Å². The minimum absolute atomic E-state index is 0.203. The summed E-state index contributed by atoms with van der Waals surface area (Å²) in [4.78, 5) is 20.7. The lowest BCUT2D eigenvalue weighted by Gasteiger charge is -2.11. The van der Waals surface area contributed by atoms with Crippen LogP contribution in [0.5, 0.6) is 0 Å². The third-order valence-corrected chi connectivity index (χ3v) is 3.60. The Bertz CT molecular complexity index is 877. The normalized spacial score (nSPS) is 11.2. The molecule has 1 heterocycles. The van der Waals surface area contributed by atoms with E-state index >= 15 is 0 Å². The van der Waals surface area contributed by atoms with Gasteiger partial charge in [0.15, 0.2) is 0 Å². The quantitative estimate of drug-likeness (QED) is 0.774. The average Bonchev–Trinajstić information content (AvgIpc) is 2.95. The van der Waals surface area contributed by atoms with Gasteiger partial charge in [-0.25, -0.2) is 9.78 Å². The Kier molecular flexibility index (Phi) is 3.85. The average molecular weight is 307 g/mol. The number of imidazole rings is 1. The number of carbonyl (C=O) groups is 1. The van der Waals surface area contributed by atoms with Gasteiger partial charge in [0.05, 0.1) is 11.1 Å². The number of aromatic nitrogens is 2. The van der Waals surface area contributed by atoms with E-state index in [1.165, 1.54) is 0 Å². The number of hydrogen-bond acceptors (Lipinski definition) is 3. The van der Waals surface area contributed by atoms with Gasteiger partial charge in [-0.2, -0.15) is 0 Å². The van der Waals surface area contributed by atoms with Crippen LogP contribution in [0.15, 0.2) is 42.5 Å². The third-order valence-electron chi connectivity index (χ3n) is 3.60. The van der Waals surface area contributed by atoms with Gasteiger partial charge >= 0.3 is 5.97 Å². The number of nitrogens with one attached hydrogen (secondary N) is 1. The summed E-state index contributed by atoms with van der Waals surface area (Å²) in [5.41, 5.74) is 3.58. The third kappa shape index (κ3) is 3.08. The van der Waals surface area contributed by atoms with Gasteiger partial charge in [-0.3, -0.25) is 0 Å². The Hall–Kier alpha value is -3.08. The highest BCUT2D eigenvalue weighted by atomic mass is 16.4. The summed E-state index contributed by atoms with van der Waals surface area (Å²) in [5, 5.41) is 9.19. The van der Waals surface area contributed by atoms with E-state index < -0.39 is 5.97 Å². The lowest BCUT2D eigenvalue weighted by molar-refractivity contribution is 0.0699. The Morgan fingerprint density at radius 2 is 1.87 bits per heavy atom. The van der Waals surface area contributed by atoms with Gasteiger partial charge in [0.25, 0.3) is 0 Å². The van der Waals surface area contributed by atoms with Gasteiger partial charge < -0.3 is 15.0 Å². The number of fused-ring (bicyclic) bond motifs is 1. The van der Waals surface area contributed by atoms with Crippen molar-refractivity contribution in [3.63, 3.8) is 0 Å². The summed E-state index contributed by atoms with van der Waals surface area (Å²) >= 11 is 0. The molecule has 5 nitrogen and oxygen atoms in total. The van der Waals surface area contributed by atoms with Crippen LogP contribution in [-0.4, -0.2) is 35.1 Å². The smallest absolute Gasteiger partial charge is 0.337 e. The van der Waals surface area contributed by atoms with E-state index in [2.05, 4.69) is 9.97 Å². The first kappa shape index (κ1) is 14.8. The van der Waals surface area contributed by atoms with Crippen LogP contribution >= 0.6 is 0 Å². The predicted molar refractivity (Wildman–Crippen MR) is 92.8 cm³/mol. The molecule has 0 atom stereocenters. The maximum atomic E-state index is 11.2. The topological polar surface area (TPSA) is 69.2 Å². The van der Waals surface area contributed by atoms with Crippen molar-refractivity contribution < 1.29 is 9.90 Å². The summed E-state index contributed by atoms with van der Waals surface area (Å²) in [6.07, 6.45) is 3.79. The molecule has 2 aromatic carbocycles. The van der Waals surface area contributed by atoms with Crippen LogP contribution in [0.25, 0.3) is 23.2 Å². The van der Waals surface area contributed by atoms with E-state index in [1.807, 2.05) is 61.5 Å². The summed E-state index contributed by atoms with van der Waals surface area (Å²) in [7, 11) is 4.00. The maximum absolute atomic E-state index is 11.2. The summed E-state index contributed by atoms with van der Waals surface area (Å²) in [6, 6.07) is 13.2. The first-order valence-corrected chi connectivity index (χ1v) is 7.22. The molecule has 1 aromatic heterocycles. The molecule has 0 radical (unpaired) electrons. The lowest BCUT2D eigenvalue weighted by Crippen LogP contribution is -2.07. The van der Waals surface area contributed by atoms with Crippen LogP contribution in [-0.2, 0) is 0 Å². The fraction of sp³-hybridized carbons (Fsp3) is 0.111. The zero-order valence-electron chi connectivity index (χ0n) is 12.9.